The summed E-state index contributed by atoms with van der Waals surface area (Å²) in [5.41, 5.74) is 0.355. The summed E-state index contributed by atoms with van der Waals surface area (Å²) in [6, 6.07) is 4.59. The first-order valence-corrected chi connectivity index (χ1v) is 8.16. The molecule has 0 radical (unpaired) electrons. The Bertz CT molecular complexity index is 608. The largest absolute Gasteiger partial charge is 0.453 e. The predicted octanol–water partition coefficient (Wildman–Crippen LogP) is 2.64. The second-order valence-electron chi connectivity index (χ2n) is 6.15. The van der Waals surface area contributed by atoms with Crippen molar-refractivity contribution in [1.29, 1.82) is 0 Å². The number of carbonyl (C=O) groups is 3. The van der Waals surface area contributed by atoms with Gasteiger partial charge in [-0.25, -0.2) is 4.39 Å². The number of hydrogen-bond donors (Lipinski definition) is 1. The molecule has 1 fully saturated rings. The maximum atomic E-state index is 13.1. The number of nitrogens with one attached hydrogen (secondary N) is 1. The van der Waals surface area contributed by atoms with Gasteiger partial charge in [-0.15, -0.1) is 0 Å². The second kappa shape index (κ2) is 8.04. The van der Waals surface area contributed by atoms with E-state index in [0.717, 1.165) is 25.7 Å². The monoisotopic (exact) mass is 335 g/mol. The summed E-state index contributed by atoms with van der Waals surface area (Å²) in [4.78, 5) is 36.0. The zero-order valence-corrected chi connectivity index (χ0v) is 13.9. The van der Waals surface area contributed by atoms with Gasteiger partial charge in [-0.1, -0.05) is 12.8 Å². The highest BCUT2D eigenvalue weighted by molar-refractivity contribution is 6.02. The van der Waals surface area contributed by atoms with Crippen molar-refractivity contribution in [2.24, 2.45) is 5.92 Å². The molecule has 130 valence electrons. The zero-order chi connectivity index (χ0) is 17.7. The van der Waals surface area contributed by atoms with E-state index in [9.17, 15) is 18.8 Å². The molecule has 0 spiro atoms. The minimum Gasteiger partial charge on any atom is -0.453 e. The van der Waals surface area contributed by atoms with Gasteiger partial charge in [-0.3, -0.25) is 14.4 Å². The van der Waals surface area contributed by atoms with Gasteiger partial charge in [0.2, 0.25) is 0 Å². The summed E-state index contributed by atoms with van der Waals surface area (Å²) in [5.74, 6) is -1.68. The van der Waals surface area contributed by atoms with Crippen LogP contribution in [0.5, 0.6) is 0 Å². The molecule has 0 saturated heterocycles. The van der Waals surface area contributed by atoms with E-state index in [4.69, 9.17) is 4.74 Å². The number of Topliss-reactive ketones (excluding diaryl/α,β-unsaturated/α-hetero) is 1. The minimum atomic E-state index is -0.965. The maximum absolute atomic E-state index is 13.1. The van der Waals surface area contributed by atoms with E-state index in [0.29, 0.717) is 5.56 Å². The third-order valence-electron chi connectivity index (χ3n) is 4.29. The standard InChI is InChI=1S/C18H22FNO4/c1-11(24-12(2)21)18(23)20-16(13-5-3-4-6-13)17(22)14-7-9-15(19)10-8-14/h7-11,13,16H,3-6H2,1-2H3,(H,20,23)/t11-,16?/m0/s1. The number of esters is 1. The Morgan fingerprint density at radius 1 is 1.17 bits per heavy atom. The second-order valence-corrected chi connectivity index (χ2v) is 6.15. The first-order valence-electron chi connectivity index (χ1n) is 8.16. The summed E-state index contributed by atoms with van der Waals surface area (Å²) in [5, 5.41) is 2.72. The van der Waals surface area contributed by atoms with Gasteiger partial charge in [0, 0.05) is 12.5 Å². The first kappa shape index (κ1) is 18.1. The molecular formula is C18H22FNO4. The van der Waals surface area contributed by atoms with E-state index in [1.54, 1.807) is 0 Å². The molecule has 1 N–H and O–H groups in total. The van der Waals surface area contributed by atoms with Crippen molar-refractivity contribution in [3.05, 3.63) is 35.6 Å². The molecule has 1 aliphatic carbocycles. The highest BCUT2D eigenvalue weighted by Gasteiger charge is 2.33. The molecule has 1 unspecified atom stereocenters. The SMILES string of the molecule is CC(=O)O[C@@H](C)C(=O)NC(C(=O)c1ccc(F)cc1)C1CCCC1. The molecule has 1 aliphatic rings. The van der Waals surface area contributed by atoms with E-state index in [1.807, 2.05) is 0 Å². The molecular weight excluding hydrogens is 313 g/mol. The Kier molecular flexibility index (Phi) is 6.06. The van der Waals surface area contributed by atoms with Gasteiger partial charge in [0.05, 0.1) is 6.04 Å². The molecule has 1 amide bonds. The zero-order valence-electron chi connectivity index (χ0n) is 13.9. The van der Waals surface area contributed by atoms with Crippen LogP contribution in [0.15, 0.2) is 24.3 Å². The Labute approximate surface area is 140 Å². The number of benzene rings is 1. The molecule has 1 aromatic carbocycles. The molecule has 5 nitrogen and oxygen atoms in total. The van der Waals surface area contributed by atoms with Crippen molar-refractivity contribution < 1.29 is 23.5 Å². The van der Waals surface area contributed by atoms with Crippen LogP contribution in [0.2, 0.25) is 0 Å². The number of carbonyl (C=O) groups excluding carboxylic acids is 3. The minimum absolute atomic E-state index is 0.0380. The van der Waals surface area contributed by atoms with Crippen molar-refractivity contribution in [2.45, 2.75) is 51.7 Å². The fourth-order valence-electron chi connectivity index (χ4n) is 3.05. The summed E-state index contributed by atoms with van der Waals surface area (Å²) in [7, 11) is 0. The molecule has 1 aromatic rings. The number of ether oxygens (including phenoxy) is 1. The van der Waals surface area contributed by atoms with Crippen molar-refractivity contribution >= 4 is 17.7 Å². The Hall–Kier alpha value is -2.24. The van der Waals surface area contributed by atoms with E-state index in [2.05, 4.69) is 5.32 Å². The van der Waals surface area contributed by atoms with Gasteiger partial charge in [0.15, 0.2) is 11.9 Å². The Morgan fingerprint density at radius 3 is 2.29 bits per heavy atom. The van der Waals surface area contributed by atoms with Gasteiger partial charge in [0.1, 0.15) is 5.82 Å². The van der Waals surface area contributed by atoms with Crippen LogP contribution in [-0.4, -0.2) is 29.8 Å². The van der Waals surface area contributed by atoms with Crippen molar-refractivity contribution in [2.75, 3.05) is 0 Å². The fraction of sp³-hybridized carbons (Fsp3) is 0.500. The first-order chi connectivity index (χ1) is 11.4. The predicted molar refractivity (Wildman–Crippen MR) is 85.8 cm³/mol. The van der Waals surface area contributed by atoms with E-state index in [1.165, 1.54) is 38.1 Å². The van der Waals surface area contributed by atoms with E-state index >= 15 is 0 Å². The van der Waals surface area contributed by atoms with Crippen molar-refractivity contribution in [3.8, 4) is 0 Å². The van der Waals surface area contributed by atoms with Crippen LogP contribution in [0.4, 0.5) is 4.39 Å². The lowest BCUT2D eigenvalue weighted by Gasteiger charge is -2.25. The van der Waals surface area contributed by atoms with Crippen LogP contribution in [-0.2, 0) is 14.3 Å². The van der Waals surface area contributed by atoms with Crippen LogP contribution in [0.1, 0.15) is 49.9 Å². The normalized spacial score (nSPS) is 17.1. The van der Waals surface area contributed by atoms with Crippen LogP contribution in [0.25, 0.3) is 0 Å². The molecule has 0 aliphatic heterocycles. The molecule has 2 atom stereocenters. The lowest BCUT2D eigenvalue weighted by Crippen LogP contribution is -2.49. The summed E-state index contributed by atoms with van der Waals surface area (Å²) in [6.07, 6.45) is 2.74. The molecule has 1 saturated carbocycles. The molecule has 6 heteroatoms. The fourth-order valence-corrected chi connectivity index (χ4v) is 3.05. The number of halogens is 1. The van der Waals surface area contributed by atoms with Gasteiger partial charge >= 0.3 is 5.97 Å². The van der Waals surface area contributed by atoms with E-state index < -0.39 is 29.8 Å². The average Bonchev–Trinajstić information content (AvgIpc) is 3.06. The lowest BCUT2D eigenvalue weighted by atomic mass is 9.90. The quantitative estimate of drug-likeness (QED) is 0.641. The molecule has 2 rings (SSSR count). The highest BCUT2D eigenvalue weighted by Crippen LogP contribution is 2.29. The molecule has 24 heavy (non-hydrogen) atoms. The van der Waals surface area contributed by atoms with Gasteiger partial charge in [-0.05, 0) is 49.9 Å². The molecule has 0 aromatic heterocycles. The summed E-state index contributed by atoms with van der Waals surface area (Å²) >= 11 is 0. The number of rotatable bonds is 6. The number of amides is 1. The van der Waals surface area contributed by atoms with Gasteiger partial charge in [0.25, 0.3) is 5.91 Å². The lowest BCUT2D eigenvalue weighted by molar-refractivity contribution is -0.152. The van der Waals surface area contributed by atoms with E-state index in [-0.39, 0.29) is 11.7 Å². The Morgan fingerprint density at radius 2 is 1.75 bits per heavy atom. The van der Waals surface area contributed by atoms with Crippen molar-refractivity contribution in [1.82, 2.24) is 5.32 Å². The van der Waals surface area contributed by atoms with Gasteiger partial charge < -0.3 is 10.1 Å². The highest BCUT2D eigenvalue weighted by atomic mass is 19.1. The summed E-state index contributed by atoms with van der Waals surface area (Å²) < 4.78 is 17.9. The smallest absolute Gasteiger partial charge is 0.303 e. The van der Waals surface area contributed by atoms with Crippen LogP contribution >= 0.6 is 0 Å². The average molecular weight is 335 g/mol. The van der Waals surface area contributed by atoms with Gasteiger partial charge in [-0.2, -0.15) is 0 Å². The molecule has 0 bridgehead atoms. The number of ketones is 1. The topological polar surface area (TPSA) is 72.5 Å². The van der Waals surface area contributed by atoms with Crippen LogP contribution in [0.3, 0.4) is 0 Å². The Balaban J connectivity index is 2.15. The van der Waals surface area contributed by atoms with Crippen LogP contribution < -0.4 is 5.32 Å². The summed E-state index contributed by atoms with van der Waals surface area (Å²) in [6.45, 7) is 2.69. The van der Waals surface area contributed by atoms with Crippen molar-refractivity contribution in [3.63, 3.8) is 0 Å². The maximum Gasteiger partial charge on any atom is 0.303 e. The third kappa shape index (κ3) is 4.63. The number of hydrogen-bond acceptors (Lipinski definition) is 4. The van der Waals surface area contributed by atoms with Crippen LogP contribution in [0, 0.1) is 11.7 Å². The molecule has 0 heterocycles. The third-order valence-corrected chi connectivity index (χ3v) is 4.29.